The summed E-state index contributed by atoms with van der Waals surface area (Å²) in [6, 6.07) is -0.737. The lowest BCUT2D eigenvalue weighted by atomic mass is 10.0. The SMILES string of the molecule is CC1CCN(C(=O)CN2C(=O)CNC2=O)C1CO. The number of rotatable bonds is 3. The summed E-state index contributed by atoms with van der Waals surface area (Å²) in [5, 5.41) is 11.6. The minimum absolute atomic E-state index is 0.0497. The van der Waals surface area contributed by atoms with Crippen molar-refractivity contribution in [1.29, 1.82) is 0 Å². The average Bonchev–Trinajstić information content (AvgIpc) is 2.86. The van der Waals surface area contributed by atoms with E-state index in [0.29, 0.717) is 6.54 Å². The highest BCUT2D eigenvalue weighted by molar-refractivity contribution is 6.04. The molecule has 7 nitrogen and oxygen atoms in total. The first-order chi connectivity index (χ1) is 8.54. The van der Waals surface area contributed by atoms with Crippen LogP contribution in [0.25, 0.3) is 0 Å². The van der Waals surface area contributed by atoms with E-state index in [1.54, 1.807) is 4.90 Å². The molecule has 2 saturated heterocycles. The summed E-state index contributed by atoms with van der Waals surface area (Å²) in [7, 11) is 0. The normalized spacial score (nSPS) is 27.9. The van der Waals surface area contributed by atoms with Gasteiger partial charge in [-0.1, -0.05) is 6.92 Å². The second-order valence-corrected chi connectivity index (χ2v) is 4.74. The van der Waals surface area contributed by atoms with Gasteiger partial charge in [-0.25, -0.2) is 4.79 Å². The largest absolute Gasteiger partial charge is 0.394 e. The third-order valence-electron chi connectivity index (χ3n) is 3.62. The third-order valence-corrected chi connectivity index (χ3v) is 3.62. The summed E-state index contributed by atoms with van der Waals surface area (Å²) in [6.45, 7) is 2.16. The van der Waals surface area contributed by atoms with Gasteiger partial charge in [0.2, 0.25) is 5.91 Å². The molecule has 2 rings (SSSR count). The number of carbonyl (C=O) groups is 3. The predicted molar refractivity (Wildman–Crippen MR) is 61.5 cm³/mol. The maximum atomic E-state index is 12.0. The van der Waals surface area contributed by atoms with Crippen molar-refractivity contribution in [3.8, 4) is 0 Å². The van der Waals surface area contributed by atoms with E-state index < -0.39 is 6.03 Å². The Morgan fingerprint density at radius 3 is 2.78 bits per heavy atom. The summed E-state index contributed by atoms with van der Waals surface area (Å²) >= 11 is 0. The fraction of sp³-hybridized carbons (Fsp3) is 0.727. The van der Waals surface area contributed by atoms with Crippen LogP contribution >= 0.6 is 0 Å². The van der Waals surface area contributed by atoms with Crippen molar-refractivity contribution >= 4 is 17.8 Å². The van der Waals surface area contributed by atoms with Gasteiger partial charge in [0.05, 0.1) is 19.2 Å². The van der Waals surface area contributed by atoms with Gasteiger partial charge in [0, 0.05) is 6.54 Å². The van der Waals surface area contributed by atoms with E-state index in [2.05, 4.69) is 5.32 Å². The molecule has 2 heterocycles. The number of aliphatic hydroxyl groups is 1. The van der Waals surface area contributed by atoms with E-state index in [9.17, 15) is 19.5 Å². The molecule has 100 valence electrons. The molecule has 2 fully saturated rings. The highest BCUT2D eigenvalue weighted by Crippen LogP contribution is 2.23. The number of aliphatic hydroxyl groups excluding tert-OH is 1. The molecule has 0 aromatic carbocycles. The highest BCUT2D eigenvalue weighted by Gasteiger charge is 2.37. The molecule has 2 aliphatic heterocycles. The Bertz CT molecular complexity index is 368. The number of urea groups is 1. The quantitative estimate of drug-likeness (QED) is 0.618. The number of hydrogen-bond donors (Lipinski definition) is 2. The summed E-state index contributed by atoms with van der Waals surface area (Å²) in [4.78, 5) is 37.2. The van der Waals surface area contributed by atoms with Gasteiger partial charge in [-0.15, -0.1) is 0 Å². The molecule has 0 radical (unpaired) electrons. The summed E-state index contributed by atoms with van der Waals surface area (Å²) in [5.74, 6) is -0.438. The Balaban J connectivity index is 2.00. The number of hydrogen-bond acceptors (Lipinski definition) is 4. The van der Waals surface area contributed by atoms with Crippen LogP contribution < -0.4 is 5.32 Å². The maximum Gasteiger partial charge on any atom is 0.325 e. The molecule has 18 heavy (non-hydrogen) atoms. The van der Waals surface area contributed by atoms with Gasteiger partial charge in [-0.2, -0.15) is 0 Å². The molecule has 2 unspecified atom stereocenters. The second kappa shape index (κ2) is 4.93. The van der Waals surface area contributed by atoms with E-state index in [1.165, 1.54) is 0 Å². The number of amides is 4. The van der Waals surface area contributed by atoms with Crippen molar-refractivity contribution in [3.63, 3.8) is 0 Å². The van der Waals surface area contributed by atoms with Crippen LogP contribution in [-0.4, -0.2) is 65.0 Å². The maximum absolute atomic E-state index is 12.0. The van der Waals surface area contributed by atoms with Gasteiger partial charge >= 0.3 is 6.03 Å². The van der Waals surface area contributed by atoms with E-state index in [4.69, 9.17) is 0 Å². The molecule has 4 amide bonds. The van der Waals surface area contributed by atoms with E-state index in [0.717, 1.165) is 11.3 Å². The highest BCUT2D eigenvalue weighted by atomic mass is 16.3. The van der Waals surface area contributed by atoms with Crippen LogP contribution in [0.1, 0.15) is 13.3 Å². The molecule has 0 aliphatic carbocycles. The van der Waals surface area contributed by atoms with Gasteiger partial charge in [0.1, 0.15) is 6.54 Å². The Morgan fingerprint density at radius 2 is 2.22 bits per heavy atom. The van der Waals surface area contributed by atoms with E-state index in [1.807, 2.05) is 6.92 Å². The van der Waals surface area contributed by atoms with Crippen molar-refractivity contribution in [2.45, 2.75) is 19.4 Å². The van der Waals surface area contributed by atoms with Crippen LogP contribution in [0.4, 0.5) is 4.79 Å². The Morgan fingerprint density at radius 1 is 1.50 bits per heavy atom. The number of nitrogens with zero attached hydrogens (tertiary/aromatic N) is 2. The fourth-order valence-electron chi connectivity index (χ4n) is 2.44. The smallest absolute Gasteiger partial charge is 0.325 e. The van der Waals surface area contributed by atoms with Gasteiger partial charge < -0.3 is 15.3 Å². The molecule has 0 bridgehead atoms. The van der Waals surface area contributed by atoms with Gasteiger partial charge in [-0.3, -0.25) is 14.5 Å². The van der Waals surface area contributed by atoms with Crippen molar-refractivity contribution in [1.82, 2.24) is 15.1 Å². The summed E-state index contributed by atoms with van der Waals surface area (Å²) in [5.41, 5.74) is 0. The Kier molecular flexibility index (Phi) is 3.51. The topological polar surface area (TPSA) is 90.0 Å². The number of imide groups is 1. The predicted octanol–water partition coefficient (Wildman–Crippen LogP) is -1.23. The average molecular weight is 255 g/mol. The van der Waals surface area contributed by atoms with Gasteiger partial charge in [0.25, 0.3) is 5.91 Å². The minimum atomic E-state index is -0.527. The standard InChI is InChI=1S/C11H17N3O4/c1-7-2-3-13(8(7)6-15)10(17)5-14-9(16)4-12-11(14)18/h7-8,15H,2-6H2,1H3,(H,12,18). The molecule has 2 aliphatic rings. The first kappa shape index (κ1) is 12.8. The monoisotopic (exact) mass is 255 g/mol. The van der Waals surface area contributed by atoms with Crippen LogP contribution in [0, 0.1) is 5.92 Å². The number of nitrogens with one attached hydrogen (secondary N) is 1. The zero-order chi connectivity index (χ0) is 13.3. The van der Waals surface area contributed by atoms with Crippen LogP contribution in [0.15, 0.2) is 0 Å². The molecule has 0 aromatic heterocycles. The number of carbonyl (C=O) groups excluding carboxylic acids is 3. The van der Waals surface area contributed by atoms with Crippen molar-refractivity contribution in [3.05, 3.63) is 0 Å². The summed E-state index contributed by atoms with van der Waals surface area (Å²) < 4.78 is 0. The molecule has 2 N–H and O–H groups in total. The number of likely N-dealkylation sites (tertiary alicyclic amines) is 1. The molecule has 2 atom stereocenters. The molecule has 0 aromatic rings. The van der Waals surface area contributed by atoms with Crippen LogP contribution in [-0.2, 0) is 9.59 Å². The third kappa shape index (κ3) is 2.17. The van der Waals surface area contributed by atoms with Crippen LogP contribution in [0.3, 0.4) is 0 Å². The zero-order valence-corrected chi connectivity index (χ0v) is 10.3. The van der Waals surface area contributed by atoms with Gasteiger partial charge in [0.15, 0.2) is 0 Å². The van der Waals surface area contributed by atoms with E-state index in [-0.39, 0.29) is 43.5 Å². The molecule has 0 spiro atoms. The second-order valence-electron chi connectivity index (χ2n) is 4.74. The van der Waals surface area contributed by atoms with Crippen molar-refractivity contribution in [2.75, 3.05) is 26.2 Å². The zero-order valence-electron chi connectivity index (χ0n) is 10.3. The fourth-order valence-corrected chi connectivity index (χ4v) is 2.44. The molecular formula is C11H17N3O4. The van der Waals surface area contributed by atoms with Crippen molar-refractivity contribution < 1.29 is 19.5 Å². The van der Waals surface area contributed by atoms with Crippen LogP contribution in [0.5, 0.6) is 0 Å². The lowest BCUT2D eigenvalue weighted by Gasteiger charge is -2.26. The summed E-state index contributed by atoms with van der Waals surface area (Å²) in [6.07, 6.45) is 0.830. The first-order valence-electron chi connectivity index (χ1n) is 6.03. The molecule has 7 heteroatoms. The lowest BCUT2D eigenvalue weighted by Crippen LogP contribution is -2.46. The van der Waals surface area contributed by atoms with Crippen molar-refractivity contribution in [2.24, 2.45) is 5.92 Å². The molecule has 0 saturated carbocycles. The Hall–Kier alpha value is -1.63. The lowest BCUT2D eigenvalue weighted by molar-refractivity contribution is -0.137. The van der Waals surface area contributed by atoms with E-state index >= 15 is 0 Å². The van der Waals surface area contributed by atoms with Gasteiger partial charge in [-0.05, 0) is 12.3 Å². The molecular weight excluding hydrogens is 238 g/mol. The minimum Gasteiger partial charge on any atom is -0.394 e. The van der Waals surface area contributed by atoms with Crippen LogP contribution in [0.2, 0.25) is 0 Å². The Labute approximate surface area is 105 Å². The first-order valence-corrected chi connectivity index (χ1v) is 6.03.